The Bertz CT molecular complexity index is 263. The van der Waals surface area contributed by atoms with Gasteiger partial charge in [0, 0.05) is 12.0 Å². The number of rotatable bonds is 3. The van der Waals surface area contributed by atoms with Gasteiger partial charge in [-0.15, -0.1) is 0 Å². The lowest BCUT2D eigenvalue weighted by atomic mass is 9.91. The molecule has 0 rings (SSSR count). The number of amides is 1. The van der Waals surface area contributed by atoms with Gasteiger partial charge >= 0.3 is 5.97 Å². The summed E-state index contributed by atoms with van der Waals surface area (Å²) in [7, 11) is 0. The lowest BCUT2D eigenvalue weighted by Crippen LogP contribution is -2.55. The van der Waals surface area contributed by atoms with Crippen LogP contribution in [-0.4, -0.2) is 34.0 Å². The van der Waals surface area contributed by atoms with Crippen LogP contribution in [0.15, 0.2) is 0 Å². The van der Waals surface area contributed by atoms with Crippen molar-refractivity contribution in [1.82, 2.24) is 4.90 Å². The van der Waals surface area contributed by atoms with Gasteiger partial charge in [0.1, 0.15) is 5.54 Å². The highest BCUT2D eigenvalue weighted by Gasteiger charge is 2.40. The maximum Gasteiger partial charge on any atom is 0.329 e. The van der Waals surface area contributed by atoms with Crippen LogP contribution < -0.4 is 0 Å². The lowest BCUT2D eigenvalue weighted by molar-refractivity contribution is -0.160. The molecular formula is C11H21NO3. The number of hydrogen-bond acceptors (Lipinski definition) is 2. The van der Waals surface area contributed by atoms with Gasteiger partial charge in [0.15, 0.2) is 0 Å². The molecule has 0 bridgehead atoms. The molecule has 0 aromatic carbocycles. The summed E-state index contributed by atoms with van der Waals surface area (Å²) in [6.07, 6.45) is 0. The third-order valence-corrected chi connectivity index (χ3v) is 2.40. The van der Waals surface area contributed by atoms with Gasteiger partial charge in [-0.05, 0) is 20.8 Å². The Labute approximate surface area is 91.3 Å². The minimum atomic E-state index is -1.15. The van der Waals surface area contributed by atoms with Crippen LogP contribution >= 0.6 is 0 Å². The van der Waals surface area contributed by atoms with Crippen molar-refractivity contribution in [3.05, 3.63) is 0 Å². The van der Waals surface area contributed by atoms with Gasteiger partial charge in [-0.25, -0.2) is 4.79 Å². The first kappa shape index (κ1) is 13.9. The molecule has 0 aromatic rings. The second-order valence-corrected chi connectivity index (χ2v) is 5.16. The molecule has 88 valence electrons. The van der Waals surface area contributed by atoms with Gasteiger partial charge in [0.2, 0.25) is 5.91 Å². The molecule has 0 aliphatic carbocycles. The fourth-order valence-electron chi connectivity index (χ4n) is 1.31. The average Bonchev–Trinajstić information content (AvgIpc) is 2.02. The second kappa shape index (κ2) is 4.21. The zero-order valence-electron chi connectivity index (χ0n) is 10.4. The zero-order valence-corrected chi connectivity index (χ0v) is 10.4. The summed E-state index contributed by atoms with van der Waals surface area (Å²) in [5.41, 5.74) is -1.71. The van der Waals surface area contributed by atoms with Gasteiger partial charge in [-0.1, -0.05) is 20.8 Å². The van der Waals surface area contributed by atoms with E-state index >= 15 is 0 Å². The molecule has 0 saturated heterocycles. The first-order valence-corrected chi connectivity index (χ1v) is 5.10. The summed E-state index contributed by atoms with van der Waals surface area (Å²) in [5, 5.41) is 9.06. The van der Waals surface area contributed by atoms with Gasteiger partial charge < -0.3 is 10.0 Å². The van der Waals surface area contributed by atoms with E-state index in [1.165, 1.54) is 4.90 Å². The van der Waals surface area contributed by atoms with Crippen LogP contribution in [0.4, 0.5) is 0 Å². The molecule has 0 fully saturated rings. The molecule has 0 aromatic heterocycles. The average molecular weight is 215 g/mol. The van der Waals surface area contributed by atoms with E-state index in [1.54, 1.807) is 41.5 Å². The van der Waals surface area contributed by atoms with Crippen LogP contribution in [0.1, 0.15) is 41.5 Å². The number of carboxylic acid groups (broad SMARTS) is 1. The van der Waals surface area contributed by atoms with E-state index in [1.807, 2.05) is 0 Å². The number of carbonyl (C=O) groups excluding carboxylic acids is 1. The molecule has 0 radical (unpaired) electrons. The molecule has 1 amide bonds. The molecule has 4 nitrogen and oxygen atoms in total. The van der Waals surface area contributed by atoms with Crippen molar-refractivity contribution >= 4 is 11.9 Å². The van der Waals surface area contributed by atoms with Crippen LogP contribution in [0.25, 0.3) is 0 Å². The molecule has 0 aliphatic heterocycles. The van der Waals surface area contributed by atoms with E-state index in [4.69, 9.17) is 5.11 Å². The number of nitrogens with zero attached hydrogens (tertiary/aromatic N) is 1. The van der Waals surface area contributed by atoms with Crippen molar-refractivity contribution in [2.24, 2.45) is 5.41 Å². The van der Waals surface area contributed by atoms with E-state index in [2.05, 4.69) is 0 Å². The molecular weight excluding hydrogens is 194 g/mol. The van der Waals surface area contributed by atoms with Crippen LogP contribution in [0, 0.1) is 5.41 Å². The second-order valence-electron chi connectivity index (χ2n) is 5.16. The third-order valence-electron chi connectivity index (χ3n) is 2.40. The van der Waals surface area contributed by atoms with E-state index in [0.717, 1.165) is 0 Å². The molecule has 15 heavy (non-hydrogen) atoms. The smallest absolute Gasteiger partial charge is 0.329 e. The predicted octanol–water partition coefficient (Wildman–Crippen LogP) is 1.74. The minimum Gasteiger partial charge on any atom is -0.480 e. The molecule has 4 heteroatoms. The molecule has 0 aliphatic rings. The normalized spacial score (nSPS) is 12.4. The monoisotopic (exact) mass is 215 g/mol. The first-order valence-electron chi connectivity index (χ1n) is 5.10. The molecule has 0 atom stereocenters. The van der Waals surface area contributed by atoms with E-state index in [-0.39, 0.29) is 5.91 Å². The summed E-state index contributed by atoms with van der Waals surface area (Å²) in [5.74, 6) is -1.13. The van der Waals surface area contributed by atoms with Crippen LogP contribution in [0.3, 0.4) is 0 Å². The number of carbonyl (C=O) groups is 2. The number of aliphatic carboxylic acids is 1. The van der Waals surface area contributed by atoms with Crippen molar-refractivity contribution in [3.8, 4) is 0 Å². The molecule has 1 N–H and O–H groups in total. The Kier molecular flexibility index (Phi) is 3.91. The van der Waals surface area contributed by atoms with Crippen molar-refractivity contribution in [3.63, 3.8) is 0 Å². The predicted molar refractivity (Wildman–Crippen MR) is 58.6 cm³/mol. The van der Waals surface area contributed by atoms with Crippen molar-refractivity contribution in [2.45, 2.75) is 47.1 Å². The highest BCUT2D eigenvalue weighted by molar-refractivity contribution is 5.88. The quantitative estimate of drug-likeness (QED) is 0.780. The van der Waals surface area contributed by atoms with Crippen molar-refractivity contribution in [1.29, 1.82) is 0 Å². The Morgan fingerprint density at radius 2 is 1.53 bits per heavy atom. The van der Waals surface area contributed by atoms with Gasteiger partial charge in [0.25, 0.3) is 0 Å². The topological polar surface area (TPSA) is 57.6 Å². The fraction of sp³-hybridized carbons (Fsp3) is 0.818. The largest absolute Gasteiger partial charge is 0.480 e. The Morgan fingerprint density at radius 3 is 1.73 bits per heavy atom. The molecule has 0 spiro atoms. The third kappa shape index (κ3) is 2.94. The SMILES string of the molecule is CCN(C(=O)C(C)(C)C)C(C)(C)C(=O)O. The van der Waals surface area contributed by atoms with Gasteiger partial charge in [-0.3, -0.25) is 4.79 Å². The number of likely N-dealkylation sites (N-methyl/N-ethyl adjacent to an activating group) is 1. The Hall–Kier alpha value is -1.06. The summed E-state index contributed by atoms with van der Waals surface area (Å²) in [6.45, 7) is 10.6. The summed E-state index contributed by atoms with van der Waals surface area (Å²) in [4.78, 5) is 24.5. The van der Waals surface area contributed by atoms with Crippen LogP contribution in [-0.2, 0) is 9.59 Å². The van der Waals surface area contributed by atoms with Crippen molar-refractivity contribution < 1.29 is 14.7 Å². The molecule has 0 saturated carbocycles. The van der Waals surface area contributed by atoms with Crippen LogP contribution in [0.2, 0.25) is 0 Å². The Morgan fingerprint density at radius 1 is 1.13 bits per heavy atom. The summed E-state index contributed by atoms with van der Waals surface area (Å²) in [6, 6.07) is 0. The van der Waals surface area contributed by atoms with Crippen LogP contribution in [0.5, 0.6) is 0 Å². The van der Waals surface area contributed by atoms with Gasteiger partial charge in [-0.2, -0.15) is 0 Å². The van der Waals surface area contributed by atoms with E-state index in [9.17, 15) is 9.59 Å². The van der Waals surface area contributed by atoms with E-state index < -0.39 is 16.9 Å². The Balaban J connectivity index is 5.10. The zero-order chi connectivity index (χ0) is 12.4. The lowest BCUT2D eigenvalue weighted by Gasteiger charge is -2.38. The maximum atomic E-state index is 12.0. The maximum absolute atomic E-state index is 12.0. The minimum absolute atomic E-state index is 0.141. The van der Waals surface area contributed by atoms with E-state index in [0.29, 0.717) is 6.54 Å². The number of carboxylic acids is 1. The summed E-state index contributed by atoms with van der Waals surface area (Å²) >= 11 is 0. The highest BCUT2D eigenvalue weighted by atomic mass is 16.4. The summed E-state index contributed by atoms with van der Waals surface area (Å²) < 4.78 is 0. The van der Waals surface area contributed by atoms with Gasteiger partial charge in [0.05, 0.1) is 0 Å². The number of hydrogen-bond donors (Lipinski definition) is 1. The fourth-order valence-corrected chi connectivity index (χ4v) is 1.31. The standard InChI is InChI=1S/C11H21NO3/c1-7-12(8(13)10(2,3)4)11(5,6)9(14)15/h7H2,1-6H3,(H,14,15). The molecule has 0 heterocycles. The first-order chi connectivity index (χ1) is 6.55. The van der Waals surface area contributed by atoms with Crippen molar-refractivity contribution in [2.75, 3.05) is 6.54 Å². The molecule has 0 unspecified atom stereocenters. The highest BCUT2D eigenvalue weighted by Crippen LogP contribution is 2.24.